The number of hydrogen-bond donors (Lipinski definition) is 0. The SMILES string of the molecule is CCN(C)C(=O)c1cc(OC)c(OC)cc1I.Cl. The van der Waals surface area contributed by atoms with E-state index in [9.17, 15) is 4.79 Å². The first-order valence-electron chi connectivity index (χ1n) is 5.22. The second-order valence-electron chi connectivity index (χ2n) is 3.51. The topological polar surface area (TPSA) is 38.8 Å². The minimum Gasteiger partial charge on any atom is -0.493 e. The second kappa shape index (κ2) is 7.68. The molecule has 4 nitrogen and oxygen atoms in total. The molecule has 0 aliphatic rings. The Kier molecular flexibility index (Phi) is 7.39. The first-order valence-corrected chi connectivity index (χ1v) is 6.30. The van der Waals surface area contributed by atoms with Gasteiger partial charge in [-0.05, 0) is 41.6 Å². The molecule has 0 bridgehead atoms. The molecule has 0 fully saturated rings. The van der Waals surface area contributed by atoms with Crippen LogP contribution in [0.25, 0.3) is 0 Å². The summed E-state index contributed by atoms with van der Waals surface area (Å²) in [6.45, 7) is 2.61. The highest BCUT2D eigenvalue weighted by Gasteiger charge is 2.17. The smallest absolute Gasteiger partial charge is 0.254 e. The molecule has 1 aromatic carbocycles. The standard InChI is InChI=1S/C12H16INO3.ClH/c1-5-14(2)12(15)8-6-10(16-3)11(17-4)7-9(8)13;/h6-7H,5H2,1-4H3;1H. The fraction of sp³-hybridized carbons (Fsp3) is 0.417. The number of amides is 1. The van der Waals surface area contributed by atoms with Crippen molar-refractivity contribution in [3.63, 3.8) is 0 Å². The Morgan fingerprint density at radius 1 is 1.28 bits per heavy atom. The molecule has 0 aromatic heterocycles. The minimum absolute atomic E-state index is 0. The highest BCUT2D eigenvalue weighted by Crippen LogP contribution is 2.31. The first kappa shape index (κ1) is 17.3. The van der Waals surface area contributed by atoms with Gasteiger partial charge in [0.2, 0.25) is 0 Å². The van der Waals surface area contributed by atoms with Crippen molar-refractivity contribution >= 4 is 40.9 Å². The highest BCUT2D eigenvalue weighted by molar-refractivity contribution is 14.1. The van der Waals surface area contributed by atoms with Crippen LogP contribution in [0.5, 0.6) is 11.5 Å². The number of hydrogen-bond acceptors (Lipinski definition) is 3. The van der Waals surface area contributed by atoms with Gasteiger partial charge in [0.25, 0.3) is 5.91 Å². The number of ether oxygens (including phenoxy) is 2. The second-order valence-corrected chi connectivity index (χ2v) is 4.67. The Morgan fingerprint density at radius 2 is 1.78 bits per heavy atom. The molecule has 0 saturated heterocycles. The van der Waals surface area contributed by atoms with Gasteiger partial charge in [0, 0.05) is 17.2 Å². The van der Waals surface area contributed by atoms with E-state index in [-0.39, 0.29) is 18.3 Å². The number of nitrogens with zero attached hydrogens (tertiary/aromatic N) is 1. The lowest BCUT2D eigenvalue weighted by molar-refractivity contribution is 0.0801. The monoisotopic (exact) mass is 385 g/mol. The molecule has 1 amide bonds. The normalized spacial score (nSPS) is 9.39. The van der Waals surface area contributed by atoms with Crippen molar-refractivity contribution in [3.05, 3.63) is 21.3 Å². The highest BCUT2D eigenvalue weighted by atomic mass is 127. The number of rotatable bonds is 4. The summed E-state index contributed by atoms with van der Waals surface area (Å²) in [4.78, 5) is 13.7. The van der Waals surface area contributed by atoms with Crippen molar-refractivity contribution in [1.29, 1.82) is 0 Å². The van der Waals surface area contributed by atoms with E-state index in [0.717, 1.165) is 3.57 Å². The fourth-order valence-corrected chi connectivity index (χ4v) is 2.04. The number of benzene rings is 1. The van der Waals surface area contributed by atoms with E-state index >= 15 is 0 Å². The summed E-state index contributed by atoms with van der Waals surface area (Å²) in [6.07, 6.45) is 0. The van der Waals surface area contributed by atoms with Crippen molar-refractivity contribution in [1.82, 2.24) is 4.90 Å². The van der Waals surface area contributed by atoms with E-state index in [1.165, 1.54) is 0 Å². The average Bonchev–Trinajstić information content (AvgIpc) is 2.36. The van der Waals surface area contributed by atoms with E-state index in [4.69, 9.17) is 9.47 Å². The van der Waals surface area contributed by atoms with E-state index in [0.29, 0.717) is 23.6 Å². The Bertz CT molecular complexity index is 426. The van der Waals surface area contributed by atoms with Crippen LogP contribution in [0.15, 0.2) is 12.1 Å². The molecule has 0 spiro atoms. The number of methoxy groups -OCH3 is 2. The molecule has 0 unspecified atom stereocenters. The molecule has 0 heterocycles. The first-order chi connectivity index (χ1) is 8.04. The maximum absolute atomic E-state index is 12.1. The predicted octanol–water partition coefficient (Wildman–Crippen LogP) is 2.82. The lowest BCUT2D eigenvalue weighted by atomic mass is 10.1. The molecule has 18 heavy (non-hydrogen) atoms. The van der Waals surface area contributed by atoms with Gasteiger partial charge in [0.1, 0.15) is 0 Å². The van der Waals surface area contributed by atoms with E-state index < -0.39 is 0 Å². The third-order valence-electron chi connectivity index (χ3n) is 2.52. The molecule has 102 valence electrons. The molecule has 1 rings (SSSR count). The summed E-state index contributed by atoms with van der Waals surface area (Å²) in [7, 11) is 4.91. The van der Waals surface area contributed by atoms with Crippen LogP contribution in [-0.2, 0) is 0 Å². The van der Waals surface area contributed by atoms with Gasteiger partial charge >= 0.3 is 0 Å². The molecular formula is C12H17ClINO3. The number of carbonyl (C=O) groups excluding carboxylic acids is 1. The van der Waals surface area contributed by atoms with Crippen molar-refractivity contribution in [2.45, 2.75) is 6.92 Å². The Balaban J connectivity index is 0.00000289. The maximum atomic E-state index is 12.1. The van der Waals surface area contributed by atoms with Crippen LogP contribution in [-0.4, -0.2) is 38.6 Å². The van der Waals surface area contributed by atoms with Gasteiger partial charge in [-0.1, -0.05) is 0 Å². The van der Waals surface area contributed by atoms with E-state index in [1.807, 2.05) is 6.92 Å². The van der Waals surface area contributed by atoms with Gasteiger partial charge in [-0.25, -0.2) is 0 Å². The zero-order valence-electron chi connectivity index (χ0n) is 10.8. The summed E-state index contributed by atoms with van der Waals surface area (Å²) in [5, 5.41) is 0. The fourth-order valence-electron chi connectivity index (χ4n) is 1.37. The Morgan fingerprint density at radius 3 is 2.22 bits per heavy atom. The van der Waals surface area contributed by atoms with Gasteiger partial charge < -0.3 is 14.4 Å². The molecule has 0 aliphatic heterocycles. The van der Waals surface area contributed by atoms with Gasteiger partial charge in [-0.15, -0.1) is 12.4 Å². The molecule has 0 saturated carbocycles. The lowest BCUT2D eigenvalue weighted by Gasteiger charge is -2.17. The van der Waals surface area contributed by atoms with Crippen LogP contribution >= 0.6 is 35.0 Å². The Hall–Kier alpha value is -0.690. The summed E-state index contributed by atoms with van der Waals surface area (Å²) in [6, 6.07) is 3.52. The number of halogens is 2. The zero-order chi connectivity index (χ0) is 13.0. The summed E-state index contributed by atoms with van der Waals surface area (Å²) in [5.74, 6) is 1.19. The van der Waals surface area contributed by atoms with Crippen LogP contribution in [0.2, 0.25) is 0 Å². The van der Waals surface area contributed by atoms with E-state index in [2.05, 4.69) is 22.6 Å². The molecule has 1 aromatic rings. The Labute approximate surface area is 127 Å². The van der Waals surface area contributed by atoms with Crippen molar-refractivity contribution in [2.24, 2.45) is 0 Å². The van der Waals surface area contributed by atoms with Crippen LogP contribution in [0.4, 0.5) is 0 Å². The lowest BCUT2D eigenvalue weighted by Crippen LogP contribution is -2.27. The largest absolute Gasteiger partial charge is 0.493 e. The summed E-state index contributed by atoms with van der Waals surface area (Å²) >= 11 is 2.12. The van der Waals surface area contributed by atoms with Crippen molar-refractivity contribution < 1.29 is 14.3 Å². The molecular weight excluding hydrogens is 368 g/mol. The molecule has 6 heteroatoms. The van der Waals surface area contributed by atoms with Crippen LogP contribution in [0, 0.1) is 3.57 Å². The third-order valence-corrected chi connectivity index (χ3v) is 3.42. The van der Waals surface area contributed by atoms with Gasteiger partial charge in [-0.2, -0.15) is 0 Å². The zero-order valence-corrected chi connectivity index (χ0v) is 13.8. The van der Waals surface area contributed by atoms with Crippen molar-refractivity contribution in [2.75, 3.05) is 27.8 Å². The molecule has 0 aliphatic carbocycles. The average molecular weight is 386 g/mol. The minimum atomic E-state index is -0.0159. The summed E-state index contributed by atoms with van der Waals surface area (Å²) < 4.78 is 11.2. The predicted molar refractivity (Wildman–Crippen MR) is 82.1 cm³/mol. The van der Waals surface area contributed by atoms with E-state index in [1.54, 1.807) is 38.3 Å². The molecule has 0 atom stereocenters. The molecule has 0 N–H and O–H groups in total. The molecule has 0 radical (unpaired) electrons. The summed E-state index contributed by atoms with van der Waals surface area (Å²) in [5.41, 5.74) is 0.632. The van der Waals surface area contributed by atoms with Gasteiger partial charge in [0.05, 0.1) is 19.8 Å². The van der Waals surface area contributed by atoms with Gasteiger partial charge in [0.15, 0.2) is 11.5 Å². The van der Waals surface area contributed by atoms with Crippen LogP contribution < -0.4 is 9.47 Å². The van der Waals surface area contributed by atoms with Gasteiger partial charge in [-0.3, -0.25) is 4.79 Å². The third kappa shape index (κ3) is 3.65. The van der Waals surface area contributed by atoms with Crippen LogP contribution in [0.3, 0.4) is 0 Å². The van der Waals surface area contributed by atoms with Crippen LogP contribution in [0.1, 0.15) is 17.3 Å². The van der Waals surface area contributed by atoms with Crippen molar-refractivity contribution in [3.8, 4) is 11.5 Å². The number of carbonyl (C=O) groups is 1. The maximum Gasteiger partial charge on any atom is 0.254 e. The quantitative estimate of drug-likeness (QED) is 0.748.